The number of hydrogen-bond donors (Lipinski definition) is 0. The van der Waals surface area contributed by atoms with E-state index in [1.807, 2.05) is 24.3 Å². The van der Waals surface area contributed by atoms with E-state index >= 15 is 0 Å². The van der Waals surface area contributed by atoms with Gasteiger partial charge in [0.05, 0.1) is 19.3 Å². The molecule has 0 N–H and O–H groups in total. The van der Waals surface area contributed by atoms with Crippen LogP contribution in [-0.2, 0) is 4.74 Å². The van der Waals surface area contributed by atoms with E-state index < -0.39 is 0 Å². The second kappa shape index (κ2) is 8.26. The molecule has 0 aliphatic carbocycles. The fourth-order valence-corrected chi connectivity index (χ4v) is 3.22. The van der Waals surface area contributed by atoms with Gasteiger partial charge in [-0.2, -0.15) is 0 Å². The average molecular weight is 322 g/mol. The maximum Gasteiger partial charge on any atom is 0.210 e. The van der Waals surface area contributed by atoms with Crippen LogP contribution in [0, 0.1) is 10.1 Å². The molecule has 1 aromatic rings. The number of morpholine rings is 1. The number of nitrogens with zero attached hydrogens (tertiary/aromatic N) is 2. The number of ether oxygens (including phenoxy) is 2. The van der Waals surface area contributed by atoms with E-state index in [1.165, 1.54) is 0 Å². The number of hydrogen-bond acceptors (Lipinski definition) is 5. The number of benzene rings is 1. The van der Waals surface area contributed by atoms with Crippen molar-refractivity contribution in [2.45, 2.75) is 38.4 Å². The van der Waals surface area contributed by atoms with Gasteiger partial charge in [0.1, 0.15) is 5.75 Å². The normalized spacial score (nSPS) is 23.4. The maximum absolute atomic E-state index is 11.0. The molecule has 0 amide bonds. The first-order valence-electron chi connectivity index (χ1n) is 8.11. The van der Waals surface area contributed by atoms with Crippen molar-refractivity contribution in [3.8, 4) is 5.75 Å². The molecule has 2 rings (SSSR count). The summed E-state index contributed by atoms with van der Waals surface area (Å²) in [5.74, 6) is 0.689. The largest absolute Gasteiger partial charge is 0.497 e. The zero-order chi connectivity index (χ0) is 16.8. The van der Waals surface area contributed by atoms with Crippen molar-refractivity contribution >= 4 is 0 Å². The van der Waals surface area contributed by atoms with Crippen LogP contribution in [-0.4, -0.2) is 55.3 Å². The minimum atomic E-state index is -0.223. The molecule has 0 unspecified atom stereocenters. The van der Waals surface area contributed by atoms with E-state index in [0.717, 1.165) is 37.4 Å². The van der Waals surface area contributed by atoms with Crippen molar-refractivity contribution in [3.05, 3.63) is 39.9 Å². The van der Waals surface area contributed by atoms with Gasteiger partial charge in [-0.05, 0) is 44.5 Å². The molecular weight excluding hydrogens is 296 g/mol. The van der Waals surface area contributed by atoms with Gasteiger partial charge in [-0.25, -0.2) is 0 Å². The topological polar surface area (TPSA) is 64.8 Å². The predicted molar refractivity (Wildman–Crippen MR) is 88.7 cm³/mol. The molecule has 23 heavy (non-hydrogen) atoms. The van der Waals surface area contributed by atoms with Crippen molar-refractivity contribution < 1.29 is 14.4 Å². The Morgan fingerprint density at radius 3 is 2.43 bits per heavy atom. The highest BCUT2D eigenvalue weighted by Crippen LogP contribution is 2.24. The number of rotatable bonds is 7. The summed E-state index contributed by atoms with van der Waals surface area (Å²) in [6.07, 6.45) is 1.20. The summed E-state index contributed by atoms with van der Waals surface area (Å²) in [6.45, 7) is 6.72. The molecule has 128 valence electrons. The first kappa shape index (κ1) is 17.7. The fourth-order valence-electron chi connectivity index (χ4n) is 3.22. The van der Waals surface area contributed by atoms with Gasteiger partial charge in [-0.15, -0.1) is 0 Å². The number of methoxy groups -OCH3 is 1. The minimum absolute atomic E-state index is 0.0399. The predicted octanol–water partition coefficient (Wildman–Crippen LogP) is 2.55. The number of nitro groups is 1. The lowest BCUT2D eigenvalue weighted by atomic mass is 9.95. The quantitative estimate of drug-likeness (QED) is 0.570. The van der Waals surface area contributed by atoms with E-state index in [9.17, 15) is 10.1 Å². The maximum atomic E-state index is 11.0. The van der Waals surface area contributed by atoms with Crippen LogP contribution >= 0.6 is 0 Å². The van der Waals surface area contributed by atoms with Crippen LogP contribution in [0.5, 0.6) is 5.75 Å². The molecule has 0 spiro atoms. The molecule has 0 saturated carbocycles. The van der Waals surface area contributed by atoms with Crippen molar-refractivity contribution in [2.24, 2.45) is 0 Å². The van der Waals surface area contributed by atoms with Crippen molar-refractivity contribution in [2.75, 3.05) is 33.3 Å². The molecule has 1 aliphatic rings. The molecule has 1 aromatic carbocycles. The second-order valence-corrected chi connectivity index (χ2v) is 6.29. The Labute approximate surface area is 137 Å². The zero-order valence-corrected chi connectivity index (χ0v) is 14.1. The fraction of sp³-hybridized carbons (Fsp3) is 0.647. The van der Waals surface area contributed by atoms with E-state index in [-0.39, 0.29) is 29.6 Å². The molecule has 1 heterocycles. The minimum Gasteiger partial charge on any atom is -0.497 e. The average Bonchev–Trinajstić information content (AvgIpc) is 2.50. The Hall–Kier alpha value is -1.66. The third-order valence-electron chi connectivity index (χ3n) is 4.25. The van der Waals surface area contributed by atoms with Gasteiger partial charge in [0.25, 0.3) is 0 Å². The molecule has 1 saturated heterocycles. The van der Waals surface area contributed by atoms with Gasteiger partial charge in [0.15, 0.2) is 0 Å². The van der Waals surface area contributed by atoms with E-state index in [0.29, 0.717) is 0 Å². The standard InChI is InChI=1S/C17H26N2O4/c1-13-10-18(11-14(2)23-13)9-8-16(12-19(20)21)15-4-6-17(22-3)7-5-15/h4-7,13-14,16H,8-12H2,1-3H3/t13-,14-,16+/m1/s1. The highest BCUT2D eigenvalue weighted by molar-refractivity contribution is 5.29. The van der Waals surface area contributed by atoms with Crippen LogP contribution in [0.3, 0.4) is 0 Å². The molecule has 6 heteroatoms. The summed E-state index contributed by atoms with van der Waals surface area (Å²) in [5.41, 5.74) is 0.997. The highest BCUT2D eigenvalue weighted by atomic mass is 16.6. The Bertz CT molecular complexity index is 496. The third kappa shape index (κ3) is 5.48. The molecular formula is C17H26N2O4. The highest BCUT2D eigenvalue weighted by Gasteiger charge is 2.24. The molecule has 0 bridgehead atoms. The van der Waals surface area contributed by atoms with Gasteiger partial charge in [0.2, 0.25) is 6.54 Å². The Morgan fingerprint density at radius 1 is 1.30 bits per heavy atom. The van der Waals surface area contributed by atoms with Crippen LogP contribution in [0.4, 0.5) is 0 Å². The summed E-state index contributed by atoms with van der Waals surface area (Å²) >= 11 is 0. The molecule has 0 radical (unpaired) electrons. The first-order chi connectivity index (χ1) is 11.0. The summed E-state index contributed by atoms with van der Waals surface area (Å²) in [4.78, 5) is 13.1. The van der Waals surface area contributed by atoms with Crippen LogP contribution < -0.4 is 4.74 Å². The molecule has 0 aromatic heterocycles. The van der Waals surface area contributed by atoms with Crippen molar-refractivity contribution in [1.82, 2.24) is 4.90 Å². The summed E-state index contributed by atoms with van der Waals surface area (Å²) < 4.78 is 10.9. The van der Waals surface area contributed by atoms with E-state index in [1.54, 1.807) is 7.11 Å². The Kier molecular flexibility index (Phi) is 6.36. The van der Waals surface area contributed by atoms with Crippen molar-refractivity contribution in [1.29, 1.82) is 0 Å². The molecule has 3 atom stereocenters. The van der Waals surface area contributed by atoms with Gasteiger partial charge in [-0.3, -0.25) is 15.0 Å². The monoisotopic (exact) mass is 322 g/mol. The molecule has 6 nitrogen and oxygen atoms in total. The van der Waals surface area contributed by atoms with Crippen LogP contribution in [0.2, 0.25) is 0 Å². The van der Waals surface area contributed by atoms with Crippen LogP contribution in [0.25, 0.3) is 0 Å². The third-order valence-corrected chi connectivity index (χ3v) is 4.25. The SMILES string of the molecule is COc1ccc([C@@H](CCN2C[C@@H](C)O[C@H](C)C2)C[N+](=O)[O-])cc1. The van der Waals surface area contributed by atoms with E-state index in [2.05, 4.69) is 18.7 Å². The zero-order valence-electron chi connectivity index (χ0n) is 14.1. The van der Waals surface area contributed by atoms with Gasteiger partial charge in [-0.1, -0.05) is 12.1 Å². The second-order valence-electron chi connectivity index (χ2n) is 6.29. The lowest BCUT2D eigenvalue weighted by molar-refractivity contribution is -0.483. The summed E-state index contributed by atoms with van der Waals surface area (Å²) in [5, 5.41) is 11.0. The van der Waals surface area contributed by atoms with E-state index in [4.69, 9.17) is 9.47 Å². The van der Waals surface area contributed by atoms with Crippen LogP contribution in [0.15, 0.2) is 24.3 Å². The lowest BCUT2D eigenvalue weighted by Crippen LogP contribution is -2.46. The summed E-state index contributed by atoms with van der Waals surface area (Å²) in [7, 11) is 1.62. The lowest BCUT2D eigenvalue weighted by Gasteiger charge is -2.35. The Morgan fingerprint density at radius 2 is 1.91 bits per heavy atom. The van der Waals surface area contributed by atoms with Crippen LogP contribution in [0.1, 0.15) is 31.7 Å². The summed E-state index contributed by atoms with van der Waals surface area (Å²) in [6, 6.07) is 7.58. The van der Waals surface area contributed by atoms with Gasteiger partial charge in [0, 0.05) is 23.9 Å². The smallest absolute Gasteiger partial charge is 0.210 e. The van der Waals surface area contributed by atoms with Crippen molar-refractivity contribution in [3.63, 3.8) is 0 Å². The molecule has 1 fully saturated rings. The van der Waals surface area contributed by atoms with Gasteiger partial charge < -0.3 is 9.47 Å². The first-order valence-corrected chi connectivity index (χ1v) is 8.11. The Balaban J connectivity index is 1.98. The van der Waals surface area contributed by atoms with Gasteiger partial charge >= 0.3 is 0 Å². The molecule has 1 aliphatic heterocycles.